The Bertz CT molecular complexity index is 544. The Labute approximate surface area is 158 Å². The number of nitrogens with one attached hydrogen (secondary N) is 1. The molecule has 0 unspecified atom stereocenters. The number of amides is 1. The second-order valence-corrected chi connectivity index (χ2v) is 8.20. The van der Waals surface area contributed by atoms with Crippen LogP contribution in [0.2, 0.25) is 0 Å². The average molecular weight is 359 g/mol. The van der Waals surface area contributed by atoms with Crippen LogP contribution in [0.15, 0.2) is 24.5 Å². The Balaban J connectivity index is 1.39. The fraction of sp³-hybridized carbons (Fsp3) is 0.714. The molecule has 1 N–H and O–H groups in total. The first-order valence-corrected chi connectivity index (χ1v) is 10.3. The van der Waals surface area contributed by atoms with Gasteiger partial charge in [-0.05, 0) is 56.8 Å². The van der Waals surface area contributed by atoms with Gasteiger partial charge < -0.3 is 10.2 Å². The summed E-state index contributed by atoms with van der Waals surface area (Å²) < 4.78 is 0. The monoisotopic (exact) mass is 358 g/mol. The topological polar surface area (TPSA) is 48.5 Å². The van der Waals surface area contributed by atoms with Gasteiger partial charge >= 0.3 is 0 Å². The van der Waals surface area contributed by atoms with Crippen LogP contribution in [-0.4, -0.2) is 60.0 Å². The third kappa shape index (κ3) is 6.36. The quantitative estimate of drug-likeness (QED) is 0.814. The van der Waals surface area contributed by atoms with Crippen LogP contribution in [0.3, 0.4) is 0 Å². The van der Waals surface area contributed by atoms with Gasteiger partial charge in [-0.1, -0.05) is 25.3 Å². The smallest absolute Gasteiger partial charge is 0.234 e. The molecule has 2 heterocycles. The van der Waals surface area contributed by atoms with Gasteiger partial charge in [0.05, 0.1) is 6.54 Å². The Hall–Kier alpha value is -1.46. The maximum absolute atomic E-state index is 12.4. The SMILES string of the molecule is CN(CC(=O)N[C@@H]1CCCN(CC2CCCCC2)C1)Cc1cccnc1. The minimum Gasteiger partial charge on any atom is -0.351 e. The van der Waals surface area contributed by atoms with Crippen LogP contribution >= 0.6 is 0 Å². The zero-order chi connectivity index (χ0) is 18.2. The highest BCUT2D eigenvalue weighted by atomic mass is 16.2. The number of likely N-dealkylation sites (tertiary alicyclic amines) is 1. The molecule has 1 aromatic rings. The van der Waals surface area contributed by atoms with E-state index in [0.29, 0.717) is 12.6 Å². The first-order chi connectivity index (χ1) is 12.7. The molecule has 26 heavy (non-hydrogen) atoms. The van der Waals surface area contributed by atoms with E-state index in [2.05, 4.69) is 20.1 Å². The van der Waals surface area contributed by atoms with Crippen molar-refractivity contribution >= 4 is 5.91 Å². The molecule has 0 radical (unpaired) electrons. The number of pyridine rings is 1. The number of likely N-dealkylation sites (N-methyl/N-ethyl adjacent to an activating group) is 1. The van der Waals surface area contributed by atoms with Gasteiger partial charge in [-0.2, -0.15) is 0 Å². The summed E-state index contributed by atoms with van der Waals surface area (Å²) >= 11 is 0. The van der Waals surface area contributed by atoms with Crippen molar-refractivity contribution in [3.63, 3.8) is 0 Å². The van der Waals surface area contributed by atoms with Gasteiger partial charge in [0, 0.05) is 38.1 Å². The number of nitrogens with zero attached hydrogens (tertiary/aromatic N) is 3. The minimum absolute atomic E-state index is 0.140. The molecule has 1 atom stereocenters. The van der Waals surface area contributed by atoms with Crippen molar-refractivity contribution in [3.05, 3.63) is 30.1 Å². The van der Waals surface area contributed by atoms with Gasteiger partial charge in [-0.15, -0.1) is 0 Å². The lowest BCUT2D eigenvalue weighted by molar-refractivity contribution is -0.123. The molecule has 5 nitrogen and oxygen atoms in total. The molecule has 1 saturated carbocycles. The third-order valence-electron chi connectivity index (χ3n) is 5.70. The van der Waals surface area contributed by atoms with Crippen LogP contribution in [0.25, 0.3) is 0 Å². The predicted octanol–water partition coefficient (Wildman–Crippen LogP) is 2.67. The summed E-state index contributed by atoms with van der Waals surface area (Å²) in [6.45, 7) is 4.64. The molecule has 2 fully saturated rings. The van der Waals surface area contributed by atoms with Gasteiger partial charge in [0.15, 0.2) is 0 Å². The lowest BCUT2D eigenvalue weighted by atomic mass is 9.88. The molecular weight excluding hydrogens is 324 g/mol. The molecule has 1 aliphatic carbocycles. The summed E-state index contributed by atoms with van der Waals surface area (Å²) in [7, 11) is 1.99. The van der Waals surface area contributed by atoms with Crippen molar-refractivity contribution in [2.45, 2.75) is 57.5 Å². The molecule has 0 bridgehead atoms. The highest BCUT2D eigenvalue weighted by Gasteiger charge is 2.24. The van der Waals surface area contributed by atoms with Crippen molar-refractivity contribution in [2.75, 3.05) is 33.2 Å². The van der Waals surface area contributed by atoms with Crippen molar-refractivity contribution in [1.29, 1.82) is 0 Å². The Morgan fingerprint density at radius 3 is 2.88 bits per heavy atom. The number of rotatable bonds is 7. The second-order valence-electron chi connectivity index (χ2n) is 8.20. The Morgan fingerprint density at radius 1 is 1.27 bits per heavy atom. The molecule has 1 amide bonds. The van der Waals surface area contributed by atoms with E-state index < -0.39 is 0 Å². The van der Waals surface area contributed by atoms with Crippen LogP contribution in [0.5, 0.6) is 0 Å². The summed E-state index contributed by atoms with van der Waals surface area (Å²) in [5.41, 5.74) is 1.14. The maximum Gasteiger partial charge on any atom is 0.234 e. The van der Waals surface area contributed by atoms with Crippen LogP contribution in [-0.2, 0) is 11.3 Å². The van der Waals surface area contributed by atoms with Crippen LogP contribution in [0, 0.1) is 5.92 Å². The summed E-state index contributed by atoms with van der Waals surface area (Å²) in [4.78, 5) is 21.2. The summed E-state index contributed by atoms with van der Waals surface area (Å²) in [6.07, 6.45) is 13.0. The van der Waals surface area contributed by atoms with E-state index in [4.69, 9.17) is 0 Å². The van der Waals surface area contributed by atoms with Crippen LogP contribution in [0.4, 0.5) is 0 Å². The third-order valence-corrected chi connectivity index (χ3v) is 5.70. The van der Waals surface area contributed by atoms with Gasteiger partial charge in [0.25, 0.3) is 0 Å². The zero-order valence-electron chi connectivity index (χ0n) is 16.2. The van der Waals surface area contributed by atoms with E-state index in [1.54, 1.807) is 6.20 Å². The predicted molar refractivity (Wildman–Crippen MR) is 105 cm³/mol. The minimum atomic E-state index is 0.140. The number of carbonyl (C=O) groups is 1. The van der Waals surface area contributed by atoms with Gasteiger partial charge in [-0.25, -0.2) is 0 Å². The van der Waals surface area contributed by atoms with Crippen molar-refractivity contribution in [1.82, 2.24) is 20.1 Å². The number of hydrogen-bond acceptors (Lipinski definition) is 4. The number of carbonyl (C=O) groups excluding carboxylic acids is 1. The van der Waals surface area contributed by atoms with E-state index in [1.165, 1.54) is 51.6 Å². The summed E-state index contributed by atoms with van der Waals surface area (Å²) in [6, 6.07) is 4.30. The largest absolute Gasteiger partial charge is 0.351 e. The van der Waals surface area contributed by atoms with Crippen molar-refractivity contribution < 1.29 is 4.79 Å². The Morgan fingerprint density at radius 2 is 2.12 bits per heavy atom. The standard InChI is InChI=1S/C21H34N4O/c1-24(14-19-9-5-11-22-13-19)17-21(26)23-20-10-6-12-25(16-20)15-18-7-3-2-4-8-18/h5,9,11,13,18,20H,2-4,6-8,10,12,14-17H2,1H3,(H,23,26)/t20-/m1/s1. The van der Waals surface area contributed by atoms with Crippen LogP contribution in [0.1, 0.15) is 50.5 Å². The van der Waals surface area contributed by atoms with E-state index in [1.807, 2.05) is 25.4 Å². The summed E-state index contributed by atoms with van der Waals surface area (Å²) in [5, 5.41) is 3.26. The molecule has 5 heteroatoms. The molecule has 1 aromatic heterocycles. The first kappa shape index (κ1) is 19.3. The lowest BCUT2D eigenvalue weighted by Crippen LogP contribution is -2.50. The Kier molecular flexibility index (Phi) is 7.44. The number of piperidine rings is 1. The molecule has 0 spiro atoms. The normalized spacial score (nSPS) is 22.5. The maximum atomic E-state index is 12.4. The highest BCUT2D eigenvalue weighted by Crippen LogP contribution is 2.25. The molecular formula is C21H34N4O. The lowest BCUT2D eigenvalue weighted by Gasteiger charge is -2.36. The molecule has 3 rings (SSSR count). The molecule has 0 aromatic carbocycles. The van der Waals surface area contributed by atoms with E-state index >= 15 is 0 Å². The first-order valence-electron chi connectivity index (χ1n) is 10.3. The molecule has 1 aliphatic heterocycles. The van der Waals surface area contributed by atoms with Gasteiger partial charge in [0.2, 0.25) is 5.91 Å². The van der Waals surface area contributed by atoms with E-state index in [9.17, 15) is 4.79 Å². The second kappa shape index (κ2) is 10.0. The molecule has 144 valence electrons. The highest BCUT2D eigenvalue weighted by molar-refractivity contribution is 5.78. The fourth-order valence-corrected chi connectivity index (χ4v) is 4.45. The van der Waals surface area contributed by atoms with E-state index in [0.717, 1.165) is 31.0 Å². The van der Waals surface area contributed by atoms with Gasteiger partial charge in [-0.3, -0.25) is 14.7 Å². The molecule has 1 saturated heterocycles. The van der Waals surface area contributed by atoms with Crippen molar-refractivity contribution in [2.24, 2.45) is 5.92 Å². The summed E-state index contributed by atoms with van der Waals surface area (Å²) in [5.74, 6) is 1.02. The zero-order valence-corrected chi connectivity index (χ0v) is 16.2. The van der Waals surface area contributed by atoms with Crippen LogP contribution < -0.4 is 5.32 Å². The van der Waals surface area contributed by atoms with Gasteiger partial charge in [0.1, 0.15) is 0 Å². The number of hydrogen-bond donors (Lipinski definition) is 1. The number of aromatic nitrogens is 1. The fourth-order valence-electron chi connectivity index (χ4n) is 4.45. The van der Waals surface area contributed by atoms with E-state index in [-0.39, 0.29) is 5.91 Å². The molecule has 2 aliphatic rings. The average Bonchev–Trinajstić information content (AvgIpc) is 2.63. The van der Waals surface area contributed by atoms with Crippen molar-refractivity contribution in [3.8, 4) is 0 Å².